The highest BCUT2D eigenvalue weighted by Gasteiger charge is 2.29. The number of alkyl carbamates (subject to hydrolysis) is 1. The van der Waals surface area contributed by atoms with Crippen LogP contribution in [0.3, 0.4) is 0 Å². The molecule has 1 aliphatic carbocycles. The summed E-state index contributed by atoms with van der Waals surface area (Å²) in [5.41, 5.74) is 6.22. The number of rotatable bonds is 9. The minimum Gasteiger partial charge on any atom is -0.489 e. The highest BCUT2D eigenvalue weighted by atomic mass is 16.5. The summed E-state index contributed by atoms with van der Waals surface area (Å²) in [6.45, 7) is 0.586. The number of carboxylic acid groups (broad SMARTS) is 1. The van der Waals surface area contributed by atoms with Gasteiger partial charge in [-0.1, -0.05) is 91.0 Å². The summed E-state index contributed by atoms with van der Waals surface area (Å²) in [5, 5.41) is 12.2. The van der Waals surface area contributed by atoms with Crippen LogP contribution in [0.1, 0.15) is 40.6 Å². The number of carboxylic acids is 1. The van der Waals surface area contributed by atoms with E-state index in [0.717, 1.165) is 27.8 Å². The maximum atomic E-state index is 12.8. The molecule has 0 fully saturated rings. The maximum Gasteiger partial charge on any atom is 0.407 e. The van der Waals surface area contributed by atoms with Crippen molar-refractivity contribution in [1.82, 2.24) is 5.32 Å². The molecule has 1 atom stereocenters. The van der Waals surface area contributed by atoms with Gasteiger partial charge in [-0.15, -0.1) is 0 Å². The molecule has 2 N–H and O–H groups in total. The van der Waals surface area contributed by atoms with Crippen LogP contribution in [0.25, 0.3) is 11.1 Å². The van der Waals surface area contributed by atoms with E-state index in [-0.39, 0.29) is 18.9 Å². The molecule has 186 valence electrons. The topological polar surface area (TPSA) is 84.9 Å². The molecule has 0 radical (unpaired) electrons. The molecule has 0 spiro atoms. The van der Waals surface area contributed by atoms with Crippen LogP contribution in [0.15, 0.2) is 103 Å². The van der Waals surface area contributed by atoms with Crippen LogP contribution in [0, 0.1) is 0 Å². The lowest BCUT2D eigenvalue weighted by Gasteiger charge is -2.19. The third-order valence-electron chi connectivity index (χ3n) is 6.55. The lowest BCUT2D eigenvalue weighted by molar-refractivity contribution is -0.137. The van der Waals surface area contributed by atoms with Gasteiger partial charge in [-0.25, -0.2) is 4.79 Å². The largest absolute Gasteiger partial charge is 0.489 e. The first-order valence-corrected chi connectivity index (χ1v) is 12.2. The van der Waals surface area contributed by atoms with E-state index in [4.69, 9.17) is 9.47 Å². The van der Waals surface area contributed by atoms with E-state index in [9.17, 15) is 14.7 Å². The Bertz CT molecular complexity index is 1340. The van der Waals surface area contributed by atoms with Gasteiger partial charge in [0.25, 0.3) is 0 Å². The number of carbonyl (C=O) groups is 2. The average Bonchev–Trinajstić information content (AvgIpc) is 3.25. The highest BCUT2D eigenvalue weighted by molar-refractivity contribution is 5.79. The normalized spacial score (nSPS) is 12.8. The third kappa shape index (κ3) is 5.64. The SMILES string of the molecule is O=C(O)C[C@H](NC(=O)OCC1c2ccccc2-c2ccccc21)c1ccc(OCc2ccccc2)cc1. The lowest BCUT2D eigenvalue weighted by atomic mass is 9.98. The lowest BCUT2D eigenvalue weighted by Crippen LogP contribution is -2.31. The number of benzene rings is 4. The predicted molar refractivity (Wildman–Crippen MR) is 140 cm³/mol. The van der Waals surface area contributed by atoms with Gasteiger partial charge in [-0.3, -0.25) is 4.79 Å². The van der Waals surface area contributed by atoms with Crippen molar-refractivity contribution in [1.29, 1.82) is 0 Å². The van der Waals surface area contributed by atoms with Crippen molar-refractivity contribution < 1.29 is 24.2 Å². The Morgan fingerprint density at radius 2 is 1.38 bits per heavy atom. The van der Waals surface area contributed by atoms with Crippen molar-refractivity contribution in [3.63, 3.8) is 0 Å². The molecule has 0 saturated heterocycles. The van der Waals surface area contributed by atoms with Crippen LogP contribution in [0.5, 0.6) is 5.75 Å². The maximum absolute atomic E-state index is 12.8. The molecular formula is C31H27NO5. The molecule has 0 aliphatic heterocycles. The number of fused-ring (bicyclic) bond motifs is 3. The Morgan fingerprint density at radius 3 is 2.00 bits per heavy atom. The molecule has 37 heavy (non-hydrogen) atoms. The molecular weight excluding hydrogens is 466 g/mol. The summed E-state index contributed by atoms with van der Waals surface area (Å²) >= 11 is 0. The van der Waals surface area contributed by atoms with Crippen LogP contribution in [0.4, 0.5) is 4.79 Å². The summed E-state index contributed by atoms with van der Waals surface area (Å²) in [6, 6.07) is 32.4. The van der Waals surface area contributed by atoms with Crippen molar-refractivity contribution in [3.8, 4) is 16.9 Å². The van der Waals surface area contributed by atoms with Crippen molar-refractivity contribution in [3.05, 3.63) is 125 Å². The average molecular weight is 494 g/mol. The molecule has 1 aliphatic rings. The molecule has 1 amide bonds. The zero-order valence-electron chi connectivity index (χ0n) is 20.2. The number of ether oxygens (including phenoxy) is 2. The highest BCUT2D eigenvalue weighted by Crippen LogP contribution is 2.44. The Balaban J connectivity index is 1.23. The van der Waals surface area contributed by atoms with Crippen LogP contribution in [0.2, 0.25) is 0 Å². The molecule has 0 aromatic heterocycles. The van der Waals surface area contributed by atoms with Gasteiger partial charge in [0, 0.05) is 5.92 Å². The third-order valence-corrected chi connectivity index (χ3v) is 6.55. The summed E-state index contributed by atoms with van der Waals surface area (Å²) < 4.78 is 11.4. The minimum atomic E-state index is -1.02. The van der Waals surface area contributed by atoms with Crippen molar-refractivity contribution in [2.45, 2.75) is 25.0 Å². The van der Waals surface area contributed by atoms with E-state index in [1.807, 2.05) is 54.6 Å². The monoisotopic (exact) mass is 493 g/mol. The molecule has 0 bridgehead atoms. The Labute approximate surface area is 215 Å². The number of aliphatic carboxylic acids is 1. The fourth-order valence-corrected chi connectivity index (χ4v) is 4.75. The second-order valence-corrected chi connectivity index (χ2v) is 8.96. The molecule has 0 heterocycles. The van der Waals surface area contributed by atoms with Crippen LogP contribution in [-0.2, 0) is 16.1 Å². The van der Waals surface area contributed by atoms with Gasteiger partial charge in [0.05, 0.1) is 12.5 Å². The Kier molecular flexibility index (Phi) is 7.17. The molecule has 4 aromatic rings. The molecule has 0 unspecified atom stereocenters. The standard InChI is InChI=1S/C31H27NO5/c33-30(34)18-29(22-14-16-23(17-15-22)36-19-21-8-2-1-3-9-21)32-31(35)37-20-28-26-12-6-4-10-24(26)25-11-5-7-13-27(25)28/h1-17,28-29H,18-20H2,(H,32,35)(H,33,34)/t29-/m0/s1. The van der Waals surface area contributed by atoms with Crippen LogP contribution in [-0.4, -0.2) is 23.8 Å². The smallest absolute Gasteiger partial charge is 0.407 e. The van der Waals surface area contributed by atoms with E-state index in [2.05, 4.69) is 29.6 Å². The van der Waals surface area contributed by atoms with Gasteiger partial charge in [0.15, 0.2) is 0 Å². The predicted octanol–water partition coefficient (Wildman–Crippen LogP) is 6.32. The minimum absolute atomic E-state index is 0.0721. The van der Waals surface area contributed by atoms with Crippen LogP contribution < -0.4 is 10.1 Å². The fourth-order valence-electron chi connectivity index (χ4n) is 4.75. The molecule has 6 heteroatoms. The van der Waals surface area contributed by atoms with Gasteiger partial charge in [-0.2, -0.15) is 0 Å². The van der Waals surface area contributed by atoms with Crippen LogP contribution >= 0.6 is 0 Å². The van der Waals surface area contributed by atoms with E-state index in [1.54, 1.807) is 24.3 Å². The second kappa shape index (κ2) is 11.0. The first-order chi connectivity index (χ1) is 18.1. The molecule has 0 saturated carbocycles. The first-order valence-electron chi connectivity index (χ1n) is 12.2. The van der Waals surface area contributed by atoms with E-state index >= 15 is 0 Å². The van der Waals surface area contributed by atoms with Gasteiger partial charge in [-0.05, 0) is 45.5 Å². The number of carbonyl (C=O) groups excluding carboxylic acids is 1. The molecule has 5 rings (SSSR count). The van der Waals surface area contributed by atoms with E-state index in [0.29, 0.717) is 17.9 Å². The number of nitrogens with one attached hydrogen (secondary N) is 1. The molecule has 4 aromatic carbocycles. The van der Waals surface area contributed by atoms with Gasteiger partial charge >= 0.3 is 12.1 Å². The van der Waals surface area contributed by atoms with E-state index in [1.165, 1.54) is 0 Å². The zero-order chi connectivity index (χ0) is 25.6. The molecule has 6 nitrogen and oxygen atoms in total. The van der Waals surface area contributed by atoms with Gasteiger partial charge in [0.2, 0.25) is 0 Å². The fraction of sp³-hybridized carbons (Fsp3) is 0.161. The number of hydrogen-bond donors (Lipinski definition) is 2. The summed E-state index contributed by atoms with van der Waals surface area (Å²) in [6.07, 6.45) is -0.925. The summed E-state index contributed by atoms with van der Waals surface area (Å²) in [7, 11) is 0. The second-order valence-electron chi connectivity index (χ2n) is 8.96. The van der Waals surface area contributed by atoms with Crippen molar-refractivity contribution >= 4 is 12.1 Å². The number of hydrogen-bond acceptors (Lipinski definition) is 4. The van der Waals surface area contributed by atoms with E-state index < -0.39 is 18.1 Å². The summed E-state index contributed by atoms with van der Waals surface area (Å²) in [5.74, 6) is -0.437. The van der Waals surface area contributed by atoms with Gasteiger partial charge in [0.1, 0.15) is 19.0 Å². The first kappa shape index (κ1) is 24.1. The van der Waals surface area contributed by atoms with Gasteiger partial charge < -0.3 is 19.9 Å². The Morgan fingerprint density at radius 1 is 0.784 bits per heavy atom. The zero-order valence-corrected chi connectivity index (χ0v) is 20.2. The quantitative estimate of drug-likeness (QED) is 0.285. The number of amides is 1. The van der Waals surface area contributed by atoms with Crippen molar-refractivity contribution in [2.24, 2.45) is 0 Å². The van der Waals surface area contributed by atoms with Crippen molar-refractivity contribution in [2.75, 3.05) is 6.61 Å². The summed E-state index contributed by atoms with van der Waals surface area (Å²) in [4.78, 5) is 24.3. The Hall–Kier alpha value is -4.58.